The first-order chi connectivity index (χ1) is 9.97. The molecule has 0 bridgehead atoms. The van der Waals surface area contributed by atoms with E-state index in [2.05, 4.69) is 5.32 Å². The molecule has 2 nitrogen and oxygen atoms in total. The molecule has 0 fully saturated rings. The van der Waals surface area contributed by atoms with Gasteiger partial charge in [-0.05, 0) is 22.8 Å². The average Bonchev–Trinajstić information content (AvgIpc) is 2.45. The number of hydrogen-bond donors (Lipinski definition) is 1. The molecule has 108 valence electrons. The van der Waals surface area contributed by atoms with E-state index in [1.54, 1.807) is 30.3 Å². The quantitative estimate of drug-likeness (QED) is 0.856. The number of benzene rings is 2. The summed E-state index contributed by atoms with van der Waals surface area (Å²) in [5, 5.41) is 2.66. The third kappa shape index (κ3) is 2.51. The highest BCUT2D eigenvalue weighted by molar-refractivity contribution is 5.82. The number of hydrogen-bond acceptors (Lipinski definition) is 1. The Balaban J connectivity index is 2.16. The van der Waals surface area contributed by atoms with Gasteiger partial charge in [0.25, 0.3) is 0 Å². The van der Waals surface area contributed by atoms with Gasteiger partial charge in [0.1, 0.15) is 0 Å². The van der Waals surface area contributed by atoms with Gasteiger partial charge in [0.2, 0.25) is 5.91 Å². The van der Waals surface area contributed by atoms with Gasteiger partial charge in [-0.1, -0.05) is 42.5 Å². The first-order valence-corrected chi connectivity index (χ1v) is 6.50. The third-order valence-electron chi connectivity index (χ3n) is 3.60. The molecule has 0 aliphatic carbocycles. The summed E-state index contributed by atoms with van der Waals surface area (Å²) >= 11 is 0. The average molecular weight is 291 g/mol. The number of alkyl halides is 3. The monoisotopic (exact) mass is 291 g/mol. The highest BCUT2D eigenvalue weighted by Gasteiger charge is 2.37. The minimum Gasteiger partial charge on any atom is -0.345 e. The second kappa shape index (κ2) is 4.91. The lowest BCUT2D eigenvalue weighted by atomic mass is 9.87. The Hall–Kier alpha value is -2.30. The van der Waals surface area contributed by atoms with Crippen LogP contribution in [-0.2, 0) is 17.4 Å². The van der Waals surface area contributed by atoms with Crippen LogP contribution in [-0.4, -0.2) is 5.91 Å². The van der Waals surface area contributed by atoms with E-state index in [1.807, 2.05) is 0 Å². The molecule has 1 atom stereocenters. The van der Waals surface area contributed by atoms with Crippen molar-refractivity contribution in [2.24, 2.45) is 0 Å². The fourth-order valence-corrected chi connectivity index (χ4v) is 2.69. The van der Waals surface area contributed by atoms with Gasteiger partial charge in [0.05, 0.1) is 18.0 Å². The molecule has 5 heteroatoms. The molecule has 21 heavy (non-hydrogen) atoms. The number of fused-ring (bicyclic) bond motifs is 1. The Morgan fingerprint density at radius 1 is 0.952 bits per heavy atom. The number of nitrogens with one attached hydrogen (secondary N) is 1. The maximum absolute atomic E-state index is 13.2. The summed E-state index contributed by atoms with van der Waals surface area (Å²) in [4.78, 5) is 11.8. The van der Waals surface area contributed by atoms with Gasteiger partial charge < -0.3 is 5.32 Å². The van der Waals surface area contributed by atoms with Crippen molar-refractivity contribution < 1.29 is 18.0 Å². The number of halogens is 3. The predicted octanol–water partition coefficient (Wildman–Crippen LogP) is 3.47. The smallest absolute Gasteiger partial charge is 0.345 e. The van der Waals surface area contributed by atoms with Gasteiger partial charge in [0, 0.05) is 0 Å². The van der Waals surface area contributed by atoms with E-state index in [1.165, 1.54) is 12.1 Å². The second-order valence-corrected chi connectivity index (χ2v) is 4.96. The molecule has 0 aromatic heterocycles. The Kier molecular flexibility index (Phi) is 3.20. The van der Waals surface area contributed by atoms with E-state index in [9.17, 15) is 18.0 Å². The first kappa shape index (κ1) is 13.7. The number of rotatable bonds is 1. The molecule has 2 aromatic rings. The fraction of sp³-hybridized carbons (Fsp3) is 0.188. The topological polar surface area (TPSA) is 29.1 Å². The van der Waals surface area contributed by atoms with Crippen LogP contribution in [0.2, 0.25) is 0 Å². The molecule has 3 rings (SSSR count). The normalized spacial score (nSPS) is 18.0. The van der Waals surface area contributed by atoms with Crippen molar-refractivity contribution >= 4 is 5.91 Å². The van der Waals surface area contributed by atoms with E-state index in [-0.39, 0.29) is 17.9 Å². The molecular formula is C16H12F3NO. The summed E-state index contributed by atoms with van der Waals surface area (Å²) in [5.41, 5.74) is 0.842. The van der Waals surface area contributed by atoms with Gasteiger partial charge in [-0.15, -0.1) is 0 Å². The van der Waals surface area contributed by atoms with Gasteiger partial charge in [-0.3, -0.25) is 4.79 Å². The summed E-state index contributed by atoms with van der Waals surface area (Å²) in [7, 11) is 0. The third-order valence-corrected chi connectivity index (χ3v) is 3.60. The maximum Gasteiger partial charge on any atom is 0.416 e. The summed E-state index contributed by atoms with van der Waals surface area (Å²) in [6.45, 7) is 0. The number of amides is 1. The minimum atomic E-state index is -4.45. The van der Waals surface area contributed by atoms with Crippen molar-refractivity contribution in [3.8, 4) is 0 Å². The zero-order chi connectivity index (χ0) is 15.0. The summed E-state index contributed by atoms with van der Waals surface area (Å²) in [5.74, 6) is -0.268. The summed E-state index contributed by atoms with van der Waals surface area (Å²) < 4.78 is 39.5. The maximum atomic E-state index is 13.2. The van der Waals surface area contributed by atoms with Crippen molar-refractivity contribution in [3.05, 3.63) is 70.8 Å². The van der Waals surface area contributed by atoms with Crippen LogP contribution >= 0.6 is 0 Å². The lowest BCUT2D eigenvalue weighted by Crippen LogP contribution is -2.36. The van der Waals surface area contributed by atoms with E-state index >= 15 is 0 Å². The van der Waals surface area contributed by atoms with Crippen LogP contribution in [0.25, 0.3) is 0 Å². The molecule has 1 unspecified atom stereocenters. The molecule has 0 saturated heterocycles. The molecule has 0 saturated carbocycles. The molecular weight excluding hydrogens is 279 g/mol. The SMILES string of the molecule is O=C1Cc2ccccc2C(c2ccccc2C(F)(F)F)N1. The highest BCUT2D eigenvalue weighted by atomic mass is 19.4. The van der Waals surface area contributed by atoms with Gasteiger partial charge in [0.15, 0.2) is 0 Å². The second-order valence-electron chi connectivity index (χ2n) is 4.96. The molecule has 1 heterocycles. The summed E-state index contributed by atoms with van der Waals surface area (Å²) in [6, 6.07) is 11.7. The Labute approximate surface area is 119 Å². The van der Waals surface area contributed by atoms with E-state index in [0.29, 0.717) is 5.56 Å². The highest BCUT2D eigenvalue weighted by Crippen LogP contribution is 2.38. The minimum absolute atomic E-state index is 0.0745. The molecule has 1 amide bonds. The van der Waals surface area contributed by atoms with Crippen LogP contribution in [0.4, 0.5) is 13.2 Å². The number of carbonyl (C=O) groups is 1. The van der Waals surface area contributed by atoms with Gasteiger partial charge in [-0.2, -0.15) is 13.2 Å². The van der Waals surface area contributed by atoms with E-state index < -0.39 is 17.8 Å². The zero-order valence-corrected chi connectivity index (χ0v) is 10.9. The van der Waals surface area contributed by atoms with Crippen LogP contribution in [0.3, 0.4) is 0 Å². The Morgan fingerprint density at radius 3 is 2.29 bits per heavy atom. The van der Waals surface area contributed by atoms with Crippen molar-refractivity contribution in [1.29, 1.82) is 0 Å². The Bertz CT molecular complexity index is 694. The van der Waals surface area contributed by atoms with Crippen LogP contribution in [0.5, 0.6) is 0 Å². The molecule has 1 aliphatic heterocycles. The molecule has 1 aliphatic rings. The van der Waals surface area contributed by atoms with Crippen molar-refractivity contribution in [1.82, 2.24) is 5.32 Å². The van der Waals surface area contributed by atoms with Crippen LogP contribution in [0, 0.1) is 0 Å². The summed E-state index contributed by atoms with van der Waals surface area (Å²) in [6.07, 6.45) is -4.26. The van der Waals surface area contributed by atoms with Crippen molar-refractivity contribution in [3.63, 3.8) is 0 Å². The standard InChI is InChI=1S/C16H12F3NO/c17-16(18,19)13-8-4-3-7-12(13)15-11-6-2-1-5-10(11)9-14(21)20-15/h1-8,15H,9H2,(H,20,21). The van der Waals surface area contributed by atoms with Gasteiger partial charge >= 0.3 is 6.18 Å². The Morgan fingerprint density at radius 2 is 1.57 bits per heavy atom. The van der Waals surface area contributed by atoms with Crippen molar-refractivity contribution in [2.45, 2.75) is 18.6 Å². The molecule has 1 N–H and O–H groups in total. The lowest BCUT2D eigenvalue weighted by Gasteiger charge is -2.28. The lowest BCUT2D eigenvalue weighted by molar-refractivity contribution is -0.138. The van der Waals surface area contributed by atoms with E-state index in [4.69, 9.17) is 0 Å². The van der Waals surface area contributed by atoms with E-state index in [0.717, 1.165) is 11.6 Å². The predicted molar refractivity (Wildman–Crippen MR) is 71.6 cm³/mol. The molecule has 0 spiro atoms. The van der Waals surface area contributed by atoms with Crippen LogP contribution in [0.15, 0.2) is 48.5 Å². The van der Waals surface area contributed by atoms with Gasteiger partial charge in [-0.25, -0.2) is 0 Å². The fourth-order valence-electron chi connectivity index (χ4n) is 2.69. The largest absolute Gasteiger partial charge is 0.416 e. The van der Waals surface area contributed by atoms with Crippen molar-refractivity contribution in [2.75, 3.05) is 0 Å². The molecule has 0 radical (unpaired) electrons. The van der Waals surface area contributed by atoms with Crippen LogP contribution in [0.1, 0.15) is 28.3 Å². The van der Waals surface area contributed by atoms with Crippen LogP contribution < -0.4 is 5.32 Å². The first-order valence-electron chi connectivity index (χ1n) is 6.50. The zero-order valence-electron chi connectivity index (χ0n) is 10.9. The molecule has 2 aromatic carbocycles. The number of carbonyl (C=O) groups excluding carboxylic acids is 1.